The minimum Gasteiger partial charge on any atom is -0.493 e. The predicted molar refractivity (Wildman–Crippen MR) is 127 cm³/mol. The Hall–Kier alpha value is -3.03. The summed E-state index contributed by atoms with van der Waals surface area (Å²) in [6, 6.07) is 19.7. The SMILES string of the molecule is Cc1ccc(C)c(S(=O)(=O)Nc2cccc(OCCc3ccc(C(=N)N)cc3)c2)c1.Cl. The monoisotopic (exact) mass is 459 g/mol. The number of amidine groups is 1. The third-order valence-electron chi connectivity index (χ3n) is 4.64. The number of nitrogens with two attached hydrogens (primary N) is 1. The number of halogens is 1. The highest BCUT2D eigenvalue weighted by Gasteiger charge is 2.17. The number of aryl methyl sites for hydroxylation is 2. The van der Waals surface area contributed by atoms with Crippen LogP contribution < -0.4 is 15.2 Å². The van der Waals surface area contributed by atoms with Gasteiger partial charge in [-0.3, -0.25) is 10.1 Å². The van der Waals surface area contributed by atoms with E-state index in [1.54, 1.807) is 55.5 Å². The third-order valence-corrected chi connectivity index (χ3v) is 6.17. The molecule has 4 N–H and O–H groups in total. The highest BCUT2D eigenvalue weighted by molar-refractivity contribution is 7.92. The molecular formula is C23H26ClN3O3S. The summed E-state index contributed by atoms with van der Waals surface area (Å²) in [4.78, 5) is 0.267. The zero-order valence-corrected chi connectivity index (χ0v) is 19.0. The van der Waals surface area contributed by atoms with Crippen LogP contribution in [-0.2, 0) is 16.4 Å². The molecule has 3 rings (SSSR count). The molecule has 0 aliphatic rings. The molecule has 8 heteroatoms. The molecule has 0 aliphatic heterocycles. The van der Waals surface area contributed by atoms with Crippen molar-refractivity contribution in [3.8, 4) is 5.75 Å². The fraction of sp³-hybridized carbons (Fsp3) is 0.174. The van der Waals surface area contributed by atoms with Crippen molar-refractivity contribution in [2.45, 2.75) is 25.2 Å². The van der Waals surface area contributed by atoms with Crippen molar-refractivity contribution in [2.24, 2.45) is 5.73 Å². The van der Waals surface area contributed by atoms with E-state index >= 15 is 0 Å². The molecule has 3 aromatic carbocycles. The summed E-state index contributed by atoms with van der Waals surface area (Å²) in [5.74, 6) is 0.620. The Morgan fingerprint density at radius 1 is 1.03 bits per heavy atom. The first kappa shape index (κ1) is 24.2. The quantitative estimate of drug-likeness (QED) is 0.342. The van der Waals surface area contributed by atoms with Gasteiger partial charge < -0.3 is 10.5 Å². The summed E-state index contributed by atoms with van der Waals surface area (Å²) in [6.45, 7) is 4.07. The molecule has 6 nitrogen and oxygen atoms in total. The smallest absolute Gasteiger partial charge is 0.262 e. The Morgan fingerprint density at radius 3 is 2.42 bits per heavy atom. The number of anilines is 1. The van der Waals surface area contributed by atoms with Crippen molar-refractivity contribution in [1.82, 2.24) is 0 Å². The molecule has 0 spiro atoms. The minimum atomic E-state index is -3.69. The molecule has 0 heterocycles. The molecule has 0 aliphatic carbocycles. The number of hydrogen-bond acceptors (Lipinski definition) is 4. The maximum atomic E-state index is 12.8. The van der Waals surface area contributed by atoms with Crippen LogP contribution in [0.25, 0.3) is 0 Å². The van der Waals surface area contributed by atoms with Gasteiger partial charge in [0.15, 0.2) is 0 Å². The molecule has 0 unspecified atom stereocenters. The molecule has 0 saturated heterocycles. The molecule has 0 saturated carbocycles. The zero-order valence-electron chi connectivity index (χ0n) is 17.4. The molecule has 0 fully saturated rings. The van der Waals surface area contributed by atoms with Crippen molar-refractivity contribution in [3.05, 3.63) is 89.0 Å². The van der Waals surface area contributed by atoms with Gasteiger partial charge in [0.25, 0.3) is 10.0 Å². The summed E-state index contributed by atoms with van der Waals surface area (Å²) in [5, 5.41) is 7.42. The molecule has 0 aromatic heterocycles. The summed E-state index contributed by atoms with van der Waals surface area (Å²) < 4.78 is 34.0. The molecule has 164 valence electrons. The lowest BCUT2D eigenvalue weighted by Crippen LogP contribution is -2.14. The normalized spacial score (nSPS) is 10.8. The Balaban J connectivity index is 0.00000341. The van der Waals surface area contributed by atoms with Gasteiger partial charge in [0.05, 0.1) is 17.2 Å². The van der Waals surface area contributed by atoms with Crippen LogP contribution in [0.4, 0.5) is 5.69 Å². The van der Waals surface area contributed by atoms with Crippen molar-refractivity contribution in [2.75, 3.05) is 11.3 Å². The van der Waals surface area contributed by atoms with Crippen molar-refractivity contribution >= 4 is 34.0 Å². The van der Waals surface area contributed by atoms with Crippen molar-refractivity contribution in [1.29, 1.82) is 5.41 Å². The van der Waals surface area contributed by atoms with Gasteiger partial charge in [-0.05, 0) is 48.7 Å². The van der Waals surface area contributed by atoms with Crippen LogP contribution >= 0.6 is 12.4 Å². The summed E-state index contributed by atoms with van der Waals surface area (Å²) in [7, 11) is -3.69. The van der Waals surface area contributed by atoms with Gasteiger partial charge >= 0.3 is 0 Å². The number of nitrogen functional groups attached to an aromatic ring is 1. The summed E-state index contributed by atoms with van der Waals surface area (Å²) in [6.07, 6.45) is 0.677. The topological polar surface area (TPSA) is 105 Å². The largest absolute Gasteiger partial charge is 0.493 e. The maximum absolute atomic E-state index is 12.8. The Kier molecular flexibility index (Phi) is 8.08. The predicted octanol–water partition coefficient (Wildman–Crippen LogP) is 4.43. The number of rotatable bonds is 8. The number of nitrogens with one attached hydrogen (secondary N) is 2. The standard InChI is InChI=1S/C23H25N3O3S.ClH/c1-16-6-7-17(2)22(14-16)30(27,28)26-20-4-3-5-21(15-20)29-13-12-18-8-10-19(11-9-18)23(24)25;/h3-11,14-15,26H,12-13H2,1-2H3,(H3,24,25);1H. The number of ether oxygens (including phenoxy) is 1. The number of sulfonamides is 1. The molecular weight excluding hydrogens is 434 g/mol. The molecule has 0 atom stereocenters. The van der Waals surface area contributed by atoms with Gasteiger partial charge in [-0.1, -0.05) is 42.5 Å². The van der Waals surface area contributed by atoms with Gasteiger partial charge in [-0.15, -0.1) is 12.4 Å². The van der Waals surface area contributed by atoms with Crippen LogP contribution in [0.1, 0.15) is 22.3 Å². The average molecular weight is 460 g/mol. The second kappa shape index (κ2) is 10.3. The lowest BCUT2D eigenvalue weighted by atomic mass is 10.1. The van der Waals surface area contributed by atoms with Gasteiger partial charge in [0, 0.05) is 18.1 Å². The Bertz CT molecular complexity index is 1160. The first-order chi connectivity index (χ1) is 14.2. The van der Waals surface area contributed by atoms with E-state index in [9.17, 15) is 8.42 Å². The second-order valence-corrected chi connectivity index (χ2v) is 8.76. The Labute approximate surface area is 189 Å². The van der Waals surface area contributed by atoms with E-state index in [0.29, 0.717) is 35.6 Å². The van der Waals surface area contributed by atoms with E-state index in [-0.39, 0.29) is 23.1 Å². The molecule has 3 aromatic rings. The first-order valence-corrected chi connectivity index (χ1v) is 11.0. The molecule has 0 bridgehead atoms. The molecule has 31 heavy (non-hydrogen) atoms. The number of benzene rings is 3. The first-order valence-electron chi connectivity index (χ1n) is 9.51. The van der Waals surface area contributed by atoms with Crippen LogP contribution in [0, 0.1) is 19.3 Å². The van der Waals surface area contributed by atoms with Crippen LogP contribution in [0.2, 0.25) is 0 Å². The third kappa shape index (κ3) is 6.47. The average Bonchev–Trinajstić information content (AvgIpc) is 2.70. The maximum Gasteiger partial charge on any atom is 0.262 e. The minimum absolute atomic E-state index is 0. The van der Waals surface area contributed by atoms with Crippen LogP contribution in [-0.4, -0.2) is 20.9 Å². The summed E-state index contributed by atoms with van der Waals surface area (Å²) in [5.41, 5.74) is 9.22. The van der Waals surface area contributed by atoms with E-state index in [0.717, 1.165) is 11.1 Å². The fourth-order valence-corrected chi connectivity index (χ4v) is 4.37. The lowest BCUT2D eigenvalue weighted by Gasteiger charge is -2.13. The van der Waals surface area contributed by atoms with E-state index < -0.39 is 10.0 Å². The highest BCUT2D eigenvalue weighted by Crippen LogP contribution is 2.23. The Morgan fingerprint density at radius 2 is 1.74 bits per heavy atom. The number of hydrogen-bond donors (Lipinski definition) is 3. The van der Waals surface area contributed by atoms with E-state index in [1.165, 1.54) is 0 Å². The van der Waals surface area contributed by atoms with Crippen LogP contribution in [0.5, 0.6) is 5.75 Å². The highest BCUT2D eigenvalue weighted by atomic mass is 35.5. The van der Waals surface area contributed by atoms with Crippen molar-refractivity contribution < 1.29 is 13.2 Å². The second-order valence-electron chi connectivity index (χ2n) is 7.11. The van der Waals surface area contributed by atoms with Crippen LogP contribution in [0.3, 0.4) is 0 Å². The van der Waals surface area contributed by atoms with Gasteiger partial charge in [-0.25, -0.2) is 8.42 Å². The van der Waals surface area contributed by atoms with E-state index in [4.69, 9.17) is 15.9 Å². The van der Waals surface area contributed by atoms with E-state index in [2.05, 4.69) is 4.72 Å². The van der Waals surface area contributed by atoms with Crippen LogP contribution in [0.15, 0.2) is 71.6 Å². The zero-order chi connectivity index (χ0) is 21.7. The van der Waals surface area contributed by atoms with Crippen molar-refractivity contribution in [3.63, 3.8) is 0 Å². The molecule has 0 radical (unpaired) electrons. The van der Waals surface area contributed by atoms with Gasteiger partial charge in [-0.2, -0.15) is 0 Å². The fourth-order valence-electron chi connectivity index (χ4n) is 2.99. The van der Waals surface area contributed by atoms with Gasteiger partial charge in [0.2, 0.25) is 0 Å². The lowest BCUT2D eigenvalue weighted by molar-refractivity contribution is 0.322. The van der Waals surface area contributed by atoms with E-state index in [1.807, 2.05) is 25.1 Å². The summed E-state index contributed by atoms with van der Waals surface area (Å²) >= 11 is 0. The van der Waals surface area contributed by atoms with Gasteiger partial charge in [0.1, 0.15) is 11.6 Å². The molecule has 0 amide bonds.